The zero-order valence-corrected chi connectivity index (χ0v) is 12.2. The highest BCUT2D eigenvalue weighted by Gasteiger charge is 2.01. The van der Waals surface area contributed by atoms with Gasteiger partial charge in [-0.2, -0.15) is 0 Å². The number of hydrogen-bond donors (Lipinski definition) is 1. The number of rotatable bonds is 6. The van der Waals surface area contributed by atoms with E-state index < -0.39 is 0 Å². The van der Waals surface area contributed by atoms with Crippen LogP contribution >= 0.6 is 11.8 Å². The fourth-order valence-corrected chi connectivity index (χ4v) is 2.45. The molecule has 19 heavy (non-hydrogen) atoms. The van der Waals surface area contributed by atoms with Crippen molar-refractivity contribution in [1.82, 2.24) is 15.3 Å². The van der Waals surface area contributed by atoms with Crippen molar-refractivity contribution in [3.8, 4) is 0 Å². The first-order valence-corrected chi connectivity index (χ1v) is 7.36. The highest BCUT2D eigenvalue weighted by molar-refractivity contribution is 7.99. The lowest BCUT2D eigenvalue weighted by Crippen LogP contribution is -2.13. The third-order valence-electron chi connectivity index (χ3n) is 2.66. The van der Waals surface area contributed by atoms with Gasteiger partial charge in [-0.3, -0.25) is 0 Å². The molecule has 1 heterocycles. The van der Waals surface area contributed by atoms with Gasteiger partial charge in [0.05, 0.1) is 0 Å². The molecule has 0 unspecified atom stereocenters. The summed E-state index contributed by atoms with van der Waals surface area (Å²) in [6, 6.07) is 10.5. The minimum absolute atomic E-state index is 0.803. The maximum Gasteiger partial charge on any atom is 0.192 e. The van der Waals surface area contributed by atoms with Gasteiger partial charge in [-0.1, -0.05) is 19.1 Å². The highest BCUT2D eigenvalue weighted by atomic mass is 32.2. The molecule has 1 aromatic heterocycles. The Bertz CT molecular complexity index is 511. The minimum atomic E-state index is 0.803. The Labute approximate surface area is 118 Å². The average molecular weight is 273 g/mol. The third kappa shape index (κ3) is 4.65. The number of nitrogens with zero attached hydrogens (tertiary/aromatic N) is 2. The molecular formula is C15H19N3S. The Morgan fingerprint density at radius 1 is 1.16 bits per heavy atom. The van der Waals surface area contributed by atoms with Gasteiger partial charge in [0.2, 0.25) is 0 Å². The third-order valence-corrected chi connectivity index (χ3v) is 3.55. The highest BCUT2D eigenvalue weighted by Crippen LogP contribution is 2.24. The van der Waals surface area contributed by atoms with Gasteiger partial charge in [0.1, 0.15) is 0 Å². The van der Waals surface area contributed by atoms with Crippen LogP contribution in [0, 0.1) is 6.92 Å². The number of hydrogen-bond acceptors (Lipinski definition) is 4. The monoisotopic (exact) mass is 273 g/mol. The summed E-state index contributed by atoms with van der Waals surface area (Å²) in [5.74, 6) is 0. The normalized spacial score (nSPS) is 10.6. The molecule has 0 spiro atoms. The summed E-state index contributed by atoms with van der Waals surface area (Å²) >= 11 is 1.60. The Morgan fingerprint density at radius 2 is 1.95 bits per heavy atom. The first-order valence-electron chi connectivity index (χ1n) is 6.55. The molecule has 3 nitrogen and oxygen atoms in total. The van der Waals surface area contributed by atoms with Crippen LogP contribution in [0.3, 0.4) is 0 Å². The van der Waals surface area contributed by atoms with Gasteiger partial charge in [0.15, 0.2) is 5.16 Å². The molecule has 4 heteroatoms. The van der Waals surface area contributed by atoms with Crippen LogP contribution in [-0.2, 0) is 6.54 Å². The molecule has 2 aromatic rings. The summed E-state index contributed by atoms with van der Waals surface area (Å²) in [7, 11) is 0. The van der Waals surface area contributed by atoms with Gasteiger partial charge >= 0.3 is 0 Å². The fraction of sp³-hybridized carbons (Fsp3) is 0.333. The van der Waals surface area contributed by atoms with Crippen molar-refractivity contribution in [2.75, 3.05) is 6.54 Å². The Hall–Kier alpha value is -1.39. The molecule has 0 bridgehead atoms. The van der Waals surface area contributed by atoms with Crippen LogP contribution in [0.15, 0.2) is 46.6 Å². The molecule has 0 aliphatic heterocycles. The van der Waals surface area contributed by atoms with E-state index in [0.717, 1.165) is 23.9 Å². The first-order chi connectivity index (χ1) is 9.28. The fourth-order valence-electron chi connectivity index (χ4n) is 1.67. The maximum absolute atomic E-state index is 4.39. The maximum atomic E-state index is 4.39. The van der Waals surface area contributed by atoms with E-state index in [1.807, 2.05) is 13.0 Å². The molecule has 0 aliphatic carbocycles. The van der Waals surface area contributed by atoms with E-state index in [-0.39, 0.29) is 0 Å². The van der Waals surface area contributed by atoms with Gasteiger partial charge < -0.3 is 5.32 Å². The van der Waals surface area contributed by atoms with Crippen LogP contribution in [0.4, 0.5) is 0 Å². The molecular weight excluding hydrogens is 254 g/mol. The van der Waals surface area contributed by atoms with Gasteiger partial charge in [-0.05, 0) is 55.4 Å². The molecule has 0 amide bonds. The average Bonchev–Trinajstić information content (AvgIpc) is 2.41. The summed E-state index contributed by atoms with van der Waals surface area (Å²) in [4.78, 5) is 9.82. The van der Waals surface area contributed by atoms with Crippen molar-refractivity contribution >= 4 is 11.8 Å². The van der Waals surface area contributed by atoms with Gasteiger partial charge in [-0.15, -0.1) is 0 Å². The molecule has 0 aliphatic rings. The van der Waals surface area contributed by atoms with E-state index >= 15 is 0 Å². The van der Waals surface area contributed by atoms with Crippen LogP contribution in [0.1, 0.15) is 24.6 Å². The van der Waals surface area contributed by atoms with Crippen LogP contribution in [-0.4, -0.2) is 16.5 Å². The molecule has 100 valence electrons. The molecule has 1 N–H and O–H groups in total. The second-order valence-electron chi connectivity index (χ2n) is 4.40. The van der Waals surface area contributed by atoms with E-state index in [0.29, 0.717) is 0 Å². The summed E-state index contributed by atoms with van der Waals surface area (Å²) in [5.41, 5.74) is 2.31. The Kier molecular flexibility index (Phi) is 5.36. The predicted molar refractivity (Wildman–Crippen MR) is 79.3 cm³/mol. The van der Waals surface area contributed by atoms with E-state index in [1.165, 1.54) is 16.9 Å². The van der Waals surface area contributed by atoms with Crippen molar-refractivity contribution < 1.29 is 0 Å². The first kappa shape index (κ1) is 14.0. The summed E-state index contributed by atoms with van der Waals surface area (Å²) in [5, 5.41) is 4.20. The van der Waals surface area contributed by atoms with Crippen molar-refractivity contribution in [2.45, 2.75) is 36.9 Å². The number of nitrogens with one attached hydrogen (secondary N) is 1. The standard InChI is InChI=1S/C15H19N3S/c1-3-9-16-11-13-4-6-14(7-5-13)19-15-17-10-8-12(2)18-15/h4-8,10,16H,3,9,11H2,1-2H3. The van der Waals surface area contributed by atoms with Crippen LogP contribution in [0.2, 0.25) is 0 Å². The van der Waals surface area contributed by atoms with Crippen molar-refractivity contribution in [1.29, 1.82) is 0 Å². The lowest BCUT2D eigenvalue weighted by atomic mass is 10.2. The second kappa shape index (κ2) is 7.26. The molecule has 0 atom stereocenters. The lowest BCUT2D eigenvalue weighted by molar-refractivity contribution is 0.675. The van der Waals surface area contributed by atoms with Gasteiger partial charge in [0, 0.05) is 23.3 Å². The summed E-state index contributed by atoms with van der Waals surface area (Å²) in [6.45, 7) is 6.15. The Balaban J connectivity index is 1.95. The van der Waals surface area contributed by atoms with E-state index in [1.54, 1.807) is 18.0 Å². The van der Waals surface area contributed by atoms with E-state index in [4.69, 9.17) is 0 Å². The van der Waals surface area contributed by atoms with E-state index in [2.05, 4.69) is 46.5 Å². The SMILES string of the molecule is CCCNCc1ccc(Sc2nccc(C)n2)cc1. The zero-order valence-electron chi connectivity index (χ0n) is 11.4. The summed E-state index contributed by atoms with van der Waals surface area (Å²) in [6.07, 6.45) is 2.96. The van der Waals surface area contributed by atoms with Crippen LogP contribution < -0.4 is 5.32 Å². The van der Waals surface area contributed by atoms with Gasteiger partial charge in [-0.25, -0.2) is 9.97 Å². The smallest absolute Gasteiger partial charge is 0.192 e. The van der Waals surface area contributed by atoms with E-state index in [9.17, 15) is 0 Å². The minimum Gasteiger partial charge on any atom is -0.313 e. The van der Waals surface area contributed by atoms with Crippen molar-refractivity contribution in [3.63, 3.8) is 0 Å². The zero-order chi connectivity index (χ0) is 13.5. The molecule has 0 radical (unpaired) electrons. The molecule has 1 aromatic carbocycles. The number of benzene rings is 1. The number of aryl methyl sites for hydroxylation is 1. The second-order valence-corrected chi connectivity index (χ2v) is 5.44. The Morgan fingerprint density at radius 3 is 2.63 bits per heavy atom. The quantitative estimate of drug-likeness (QED) is 0.646. The van der Waals surface area contributed by atoms with Crippen LogP contribution in [0.5, 0.6) is 0 Å². The summed E-state index contributed by atoms with van der Waals surface area (Å²) < 4.78 is 0. The largest absolute Gasteiger partial charge is 0.313 e. The molecule has 0 saturated heterocycles. The van der Waals surface area contributed by atoms with Crippen LogP contribution in [0.25, 0.3) is 0 Å². The van der Waals surface area contributed by atoms with Gasteiger partial charge in [0.25, 0.3) is 0 Å². The molecule has 2 rings (SSSR count). The molecule has 0 fully saturated rings. The van der Waals surface area contributed by atoms with Crippen molar-refractivity contribution in [3.05, 3.63) is 47.8 Å². The predicted octanol–water partition coefficient (Wildman–Crippen LogP) is 3.44. The number of aromatic nitrogens is 2. The lowest BCUT2D eigenvalue weighted by Gasteiger charge is -2.05. The topological polar surface area (TPSA) is 37.8 Å². The van der Waals surface area contributed by atoms with Crippen molar-refractivity contribution in [2.24, 2.45) is 0 Å². The molecule has 0 saturated carbocycles.